The van der Waals surface area contributed by atoms with Gasteiger partial charge in [0.1, 0.15) is 6.33 Å². The van der Waals surface area contributed by atoms with E-state index in [0.29, 0.717) is 26.3 Å². The number of thioether (sulfide) groups is 1. The lowest BCUT2D eigenvalue weighted by Crippen LogP contribution is -2.46. The van der Waals surface area contributed by atoms with Crippen molar-refractivity contribution in [1.82, 2.24) is 19.7 Å². The predicted octanol–water partition coefficient (Wildman–Crippen LogP) is 2.24. The third kappa shape index (κ3) is 3.79. The molecule has 1 aliphatic rings. The summed E-state index contributed by atoms with van der Waals surface area (Å²) < 4.78 is 7.27. The van der Waals surface area contributed by atoms with Crippen LogP contribution < -0.4 is 0 Å². The van der Waals surface area contributed by atoms with Crippen molar-refractivity contribution in [2.45, 2.75) is 24.3 Å². The Labute approximate surface area is 146 Å². The number of hydrogen-bond acceptors (Lipinski definition) is 5. The van der Waals surface area contributed by atoms with Gasteiger partial charge in [0, 0.05) is 18.8 Å². The van der Waals surface area contributed by atoms with E-state index in [2.05, 4.69) is 24.0 Å². The second kappa shape index (κ2) is 7.81. The molecule has 1 atom stereocenters. The Balaban J connectivity index is 1.79. The van der Waals surface area contributed by atoms with E-state index in [1.54, 1.807) is 6.33 Å². The van der Waals surface area contributed by atoms with Crippen molar-refractivity contribution in [3.63, 3.8) is 0 Å². The second-order valence-corrected chi connectivity index (χ2v) is 7.15. The molecule has 2 heterocycles. The van der Waals surface area contributed by atoms with Crippen LogP contribution in [0.25, 0.3) is 5.69 Å². The summed E-state index contributed by atoms with van der Waals surface area (Å²) in [5.74, 6) is 0.354. The molecule has 2 aromatic rings. The van der Waals surface area contributed by atoms with Gasteiger partial charge in [-0.05, 0) is 18.1 Å². The van der Waals surface area contributed by atoms with Crippen molar-refractivity contribution in [1.29, 1.82) is 0 Å². The van der Waals surface area contributed by atoms with Crippen LogP contribution in [0.5, 0.6) is 0 Å². The summed E-state index contributed by atoms with van der Waals surface area (Å²) in [5.41, 5.74) is 0.992. The molecule has 0 bridgehead atoms. The topological polar surface area (TPSA) is 60.2 Å². The van der Waals surface area contributed by atoms with Crippen LogP contribution in [0.4, 0.5) is 0 Å². The van der Waals surface area contributed by atoms with E-state index in [4.69, 9.17) is 4.74 Å². The Morgan fingerprint density at radius 3 is 2.58 bits per heavy atom. The summed E-state index contributed by atoms with van der Waals surface area (Å²) in [4.78, 5) is 14.8. The zero-order valence-electron chi connectivity index (χ0n) is 14.0. The lowest BCUT2D eigenvalue weighted by atomic mass is 10.1. The number of ether oxygens (including phenoxy) is 1. The largest absolute Gasteiger partial charge is 0.378 e. The van der Waals surface area contributed by atoms with Gasteiger partial charge in [-0.15, -0.1) is 10.2 Å². The average Bonchev–Trinajstić information content (AvgIpc) is 3.08. The van der Waals surface area contributed by atoms with E-state index in [1.807, 2.05) is 39.8 Å². The first kappa shape index (κ1) is 17.0. The minimum atomic E-state index is -0.185. The number of carbonyl (C=O) groups excluding carboxylic acids is 1. The molecule has 1 unspecified atom stereocenters. The molecule has 128 valence electrons. The molecule has 0 N–H and O–H groups in total. The minimum Gasteiger partial charge on any atom is -0.378 e. The zero-order chi connectivity index (χ0) is 16.9. The van der Waals surface area contributed by atoms with Crippen molar-refractivity contribution in [3.8, 4) is 5.69 Å². The number of aromatic nitrogens is 3. The smallest absolute Gasteiger partial charge is 0.236 e. The van der Waals surface area contributed by atoms with Crippen molar-refractivity contribution < 1.29 is 9.53 Å². The highest BCUT2D eigenvalue weighted by Crippen LogP contribution is 2.30. The fourth-order valence-corrected chi connectivity index (χ4v) is 3.73. The fraction of sp³-hybridized carbons (Fsp3) is 0.471. The molecule has 1 aliphatic heterocycles. The van der Waals surface area contributed by atoms with Crippen molar-refractivity contribution in [3.05, 3.63) is 36.7 Å². The third-order valence-electron chi connectivity index (χ3n) is 3.95. The van der Waals surface area contributed by atoms with Gasteiger partial charge in [0.05, 0.1) is 18.5 Å². The van der Waals surface area contributed by atoms with E-state index in [0.717, 1.165) is 10.8 Å². The molecule has 24 heavy (non-hydrogen) atoms. The van der Waals surface area contributed by atoms with E-state index in [1.165, 1.54) is 11.8 Å². The highest BCUT2D eigenvalue weighted by Gasteiger charge is 2.30. The molecule has 0 aliphatic carbocycles. The number of rotatable bonds is 5. The maximum Gasteiger partial charge on any atom is 0.236 e. The Morgan fingerprint density at radius 1 is 1.21 bits per heavy atom. The minimum absolute atomic E-state index is 0.154. The molecule has 1 aromatic heterocycles. The number of carbonyl (C=O) groups is 1. The molecule has 3 rings (SSSR count). The summed E-state index contributed by atoms with van der Waals surface area (Å²) >= 11 is 1.48. The highest BCUT2D eigenvalue weighted by molar-refractivity contribution is 8.00. The zero-order valence-corrected chi connectivity index (χ0v) is 14.8. The molecule has 1 saturated heterocycles. The SMILES string of the molecule is CC(C)C(Sc1nncn1-c1ccccc1)C(=O)N1CCOCC1. The fourth-order valence-electron chi connectivity index (χ4n) is 2.62. The van der Waals surface area contributed by atoms with Crippen LogP contribution in [0.3, 0.4) is 0 Å². The van der Waals surface area contributed by atoms with Crippen LogP contribution in [0.1, 0.15) is 13.8 Å². The lowest BCUT2D eigenvalue weighted by Gasteiger charge is -2.31. The Bertz CT molecular complexity index is 668. The number of para-hydroxylation sites is 1. The van der Waals surface area contributed by atoms with E-state index in [9.17, 15) is 4.79 Å². The van der Waals surface area contributed by atoms with E-state index >= 15 is 0 Å². The van der Waals surface area contributed by atoms with Crippen LogP contribution in [0.15, 0.2) is 41.8 Å². The van der Waals surface area contributed by atoms with Gasteiger partial charge in [-0.3, -0.25) is 9.36 Å². The van der Waals surface area contributed by atoms with Crippen molar-refractivity contribution >= 4 is 17.7 Å². The Hall–Kier alpha value is -1.86. The van der Waals surface area contributed by atoms with Gasteiger partial charge in [0.2, 0.25) is 5.91 Å². The predicted molar refractivity (Wildman–Crippen MR) is 93.2 cm³/mol. The number of nitrogens with zero attached hydrogens (tertiary/aromatic N) is 4. The normalized spacial score (nSPS) is 16.4. The van der Waals surface area contributed by atoms with Gasteiger partial charge in [0.15, 0.2) is 5.16 Å². The molecule has 1 fully saturated rings. The van der Waals surface area contributed by atoms with Crippen LogP contribution in [0, 0.1) is 5.92 Å². The summed E-state index contributed by atoms with van der Waals surface area (Å²) in [5, 5.41) is 8.80. The summed E-state index contributed by atoms with van der Waals surface area (Å²) in [6.07, 6.45) is 1.69. The van der Waals surface area contributed by atoms with Crippen LogP contribution >= 0.6 is 11.8 Å². The number of benzene rings is 1. The van der Waals surface area contributed by atoms with Crippen molar-refractivity contribution in [2.75, 3.05) is 26.3 Å². The summed E-state index contributed by atoms with van der Waals surface area (Å²) in [6.45, 7) is 6.68. The van der Waals surface area contributed by atoms with Gasteiger partial charge < -0.3 is 9.64 Å². The second-order valence-electron chi connectivity index (χ2n) is 6.04. The van der Waals surface area contributed by atoms with E-state index < -0.39 is 0 Å². The molecule has 0 radical (unpaired) electrons. The summed E-state index contributed by atoms with van der Waals surface area (Å²) in [6, 6.07) is 9.92. The number of hydrogen-bond donors (Lipinski definition) is 0. The van der Waals surface area contributed by atoms with Crippen LogP contribution in [-0.4, -0.2) is 57.1 Å². The lowest BCUT2D eigenvalue weighted by molar-refractivity contribution is -0.135. The molecule has 0 spiro atoms. The van der Waals surface area contributed by atoms with Gasteiger partial charge in [-0.25, -0.2) is 0 Å². The van der Waals surface area contributed by atoms with Gasteiger partial charge in [0.25, 0.3) is 0 Å². The highest BCUT2D eigenvalue weighted by atomic mass is 32.2. The first-order chi connectivity index (χ1) is 11.7. The average molecular weight is 346 g/mol. The molecule has 0 saturated carbocycles. The van der Waals surface area contributed by atoms with Gasteiger partial charge >= 0.3 is 0 Å². The number of amides is 1. The van der Waals surface area contributed by atoms with Crippen LogP contribution in [0.2, 0.25) is 0 Å². The summed E-state index contributed by atoms with van der Waals surface area (Å²) in [7, 11) is 0. The third-order valence-corrected chi connectivity index (χ3v) is 5.44. The standard InChI is InChI=1S/C17H22N4O2S/c1-13(2)15(16(22)20-8-10-23-11-9-20)24-17-19-18-12-21(17)14-6-4-3-5-7-14/h3-7,12-13,15H,8-11H2,1-2H3. The maximum absolute atomic E-state index is 12.9. The van der Waals surface area contributed by atoms with Gasteiger partial charge in [-0.2, -0.15) is 0 Å². The van der Waals surface area contributed by atoms with Crippen molar-refractivity contribution in [2.24, 2.45) is 5.92 Å². The first-order valence-electron chi connectivity index (χ1n) is 8.15. The van der Waals surface area contributed by atoms with Gasteiger partial charge in [-0.1, -0.05) is 43.8 Å². The Morgan fingerprint density at radius 2 is 1.92 bits per heavy atom. The number of morpholine rings is 1. The maximum atomic E-state index is 12.9. The van der Waals surface area contributed by atoms with E-state index in [-0.39, 0.29) is 17.1 Å². The molecular weight excluding hydrogens is 324 g/mol. The van der Waals surface area contributed by atoms with Crippen LogP contribution in [-0.2, 0) is 9.53 Å². The molecular formula is C17H22N4O2S. The molecule has 1 aromatic carbocycles. The first-order valence-corrected chi connectivity index (χ1v) is 9.03. The molecule has 1 amide bonds. The Kier molecular flexibility index (Phi) is 5.52. The quantitative estimate of drug-likeness (QED) is 0.777. The molecule has 7 heteroatoms. The molecule has 6 nitrogen and oxygen atoms in total. The monoisotopic (exact) mass is 346 g/mol.